The summed E-state index contributed by atoms with van der Waals surface area (Å²) in [6.45, 7) is 5.41. The van der Waals surface area contributed by atoms with E-state index >= 15 is 0 Å². The maximum Gasteiger partial charge on any atom is 0.235 e. The van der Waals surface area contributed by atoms with Crippen LogP contribution in [0.25, 0.3) is 10.2 Å². The number of benzene rings is 1. The summed E-state index contributed by atoms with van der Waals surface area (Å²) < 4.78 is 1.11. The molecule has 3 unspecified atom stereocenters. The van der Waals surface area contributed by atoms with Crippen molar-refractivity contribution in [1.82, 2.24) is 36.1 Å². The molecule has 10 heteroatoms. The molecule has 0 radical (unpaired) electrons. The number of anilines is 1. The maximum atomic E-state index is 13.6. The van der Waals surface area contributed by atoms with Gasteiger partial charge in [-0.3, -0.25) is 20.3 Å². The summed E-state index contributed by atoms with van der Waals surface area (Å²) in [5.74, 6) is 0.662. The van der Waals surface area contributed by atoms with E-state index < -0.39 is 0 Å². The molecule has 3 fully saturated rings. The van der Waals surface area contributed by atoms with E-state index in [0.29, 0.717) is 6.04 Å². The minimum absolute atomic E-state index is 0.0289. The van der Waals surface area contributed by atoms with Crippen molar-refractivity contribution in [3.63, 3.8) is 0 Å². The van der Waals surface area contributed by atoms with Gasteiger partial charge in [-0.05, 0) is 43.7 Å². The van der Waals surface area contributed by atoms with E-state index in [9.17, 15) is 4.79 Å². The summed E-state index contributed by atoms with van der Waals surface area (Å²) in [6, 6.07) is 14.4. The van der Waals surface area contributed by atoms with E-state index in [-0.39, 0.29) is 24.3 Å². The highest BCUT2D eigenvalue weighted by atomic mass is 32.1. The highest BCUT2D eigenvalue weighted by molar-refractivity contribution is 7.18. The third kappa shape index (κ3) is 4.89. The van der Waals surface area contributed by atoms with E-state index in [2.05, 4.69) is 48.2 Å². The van der Waals surface area contributed by atoms with Crippen LogP contribution in [0.3, 0.4) is 0 Å². The molecule has 1 aromatic carbocycles. The van der Waals surface area contributed by atoms with E-state index in [0.717, 1.165) is 73.2 Å². The van der Waals surface area contributed by atoms with Crippen LogP contribution in [-0.4, -0.2) is 78.5 Å². The normalized spacial score (nSPS) is 28.2. The van der Waals surface area contributed by atoms with Crippen LogP contribution in [0.5, 0.6) is 0 Å². The molecule has 35 heavy (non-hydrogen) atoms. The summed E-state index contributed by atoms with van der Waals surface area (Å²) in [5.41, 5.74) is 0.950. The molecule has 3 aliphatic heterocycles. The predicted octanol–water partition coefficient (Wildman–Crippen LogP) is 1.27. The van der Waals surface area contributed by atoms with E-state index in [4.69, 9.17) is 4.98 Å². The van der Waals surface area contributed by atoms with Crippen molar-refractivity contribution in [3.8, 4) is 0 Å². The summed E-state index contributed by atoms with van der Waals surface area (Å²) in [6.07, 6.45) is 3.68. The number of nitrogens with zero attached hydrogens (tertiary/aromatic N) is 4. The van der Waals surface area contributed by atoms with Crippen molar-refractivity contribution >= 4 is 33.3 Å². The standard InChI is InChI=1S/C25H32N8OS/c34-23-21(24-29-18-7-1-2-8-19(18)35-24)22(28-17-6-5-10-26-16-17)30-25(31-23)33-14-12-32(13-15-33)20-9-3-4-11-27-20/h1-4,7-9,11,17,21-22,25-26,28,30H,5-6,10,12-16H2,(H,31,34)/t17-,21?,22?,25?/m1/s1. The van der Waals surface area contributed by atoms with Crippen LogP contribution in [0.15, 0.2) is 48.7 Å². The van der Waals surface area contributed by atoms with Gasteiger partial charge >= 0.3 is 0 Å². The molecule has 0 bridgehead atoms. The quantitative estimate of drug-likeness (QED) is 0.423. The largest absolute Gasteiger partial charge is 0.354 e. The van der Waals surface area contributed by atoms with Gasteiger partial charge in [0.1, 0.15) is 23.0 Å². The van der Waals surface area contributed by atoms with Crippen molar-refractivity contribution in [2.45, 2.75) is 37.3 Å². The van der Waals surface area contributed by atoms with Gasteiger partial charge in [0.15, 0.2) is 0 Å². The van der Waals surface area contributed by atoms with E-state index in [1.807, 2.05) is 36.5 Å². The second kappa shape index (κ2) is 10.2. The molecule has 4 N–H and O–H groups in total. The number of para-hydroxylation sites is 1. The van der Waals surface area contributed by atoms with Crippen molar-refractivity contribution in [3.05, 3.63) is 53.7 Å². The van der Waals surface area contributed by atoms with Gasteiger partial charge < -0.3 is 15.5 Å². The summed E-state index contributed by atoms with van der Waals surface area (Å²) in [5, 5.41) is 15.1. The number of carbonyl (C=O) groups excluding carboxylic acids is 1. The Morgan fingerprint density at radius 1 is 1.06 bits per heavy atom. The molecule has 5 heterocycles. The number of aromatic nitrogens is 2. The first-order valence-electron chi connectivity index (χ1n) is 12.5. The summed E-state index contributed by atoms with van der Waals surface area (Å²) in [7, 11) is 0. The van der Waals surface area contributed by atoms with E-state index in [1.54, 1.807) is 11.3 Å². The fourth-order valence-electron chi connectivity index (χ4n) is 5.30. The van der Waals surface area contributed by atoms with Crippen LogP contribution in [0.2, 0.25) is 0 Å². The topological polar surface area (TPSA) is 97.5 Å². The first-order chi connectivity index (χ1) is 17.2. The number of fused-ring (bicyclic) bond motifs is 1. The lowest BCUT2D eigenvalue weighted by Crippen LogP contribution is -2.72. The highest BCUT2D eigenvalue weighted by Gasteiger charge is 2.42. The zero-order valence-electron chi connectivity index (χ0n) is 19.7. The molecule has 3 aromatic rings. The molecule has 3 aliphatic rings. The Balaban J connectivity index is 1.20. The average Bonchev–Trinajstić information content (AvgIpc) is 3.33. The Kier molecular flexibility index (Phi) is 6.62. The van der Waals surface area contributed by atoms with Crippen molar-refractivity contribution in [2.24, 2.45) is 0 Å². The zero-order valence-corrected chi connectivity index (χ0v) is 20.5. The van der Waals surface area contributed by atoms with Gasteiger partial charge in [-0.15, -0.1) is 11.3 Å². The van der Waals surface area contributed by atoms with Crippen molar-refractivity contribution in [2.75, 3.05) is 44.2 Å². The van der Waals surface area contributed by atoms with Gasteiger partial charge in [0, 0.05) is 45.0 Å². The highest BCUT2D eigenvalue weighted by Crippen LogP contribution is 2.31. The minimum atomic E-state index is -0.375. The monoisotopic (exact) mass is 492 g/mol. The van der Waals surface area contributed by atoms with Crippen LogP contribution in [0.4, 0.5) is 5.82 Å². The molecular formula is C25H32N8OS. The Hall–Kier alpha value is -2.63. The van der Waals surface area contributed by atoms with Crippen LogP contribution in [0, 0.1) is 0 Å². The fraction of sp³-hybridized carbons (Fsp3) is 0.480. The van der Waals surface area contributed by atoms with Gasteiger partial charge in [-0.2, -0.15) is 0 Å². The fourth-order valence-corrected chi connectivity index (χ4v) is 6.40. The number of amides is 1. The number of hydrogen-bond acceptors (Lipinski definition) is 9. The maximum absolute atomic E-state index is 13.6. The molecular weight excluding hydrogens is 460 g/mol. The lowest BCUT2D eigenvalue weighted by Gasteiger charge is -2.46. The number of pyridine rings is 1. The van der Waals surface area contributed by atoms with E-state index in [1.165, 1.54) is 0 Å². The SMILES string of the molecule is O=C1NC(N2CCN(c3ccccn3)CC2)NC(N[C@@H]2CCCNC2)C1c1nc2ccccc2s1. The molecule has 3 saturated heterocycles. The molecule has 9 nitrogen and oxygen atoms in total. The Morgan fingerprint density at radius 2 is 1.91 bits per heavy atom. The van der Waals surface area contributed by atoms with Crippen molar-refractivity contribution < 1.29 is 4.79 Å². The Bertz CT molecular complexity index is 1110. The van der Waals surface area contributed by atoms with Crippen LogP contribution in [0.1, 0.15) is 23.8 Å². The number of rotatable bonds is 5. The van der Waals surface area contributed by atoms with Crippen LogP contribution < -0.4 is 26.2 Å². The third-order valence-corrected chi connectivity index (χ3v) is 8.29. The lowest BCUT2D eigenvalue weighted by molar-refractivity contribution is -0.129. The number of hydrogen-bond donors (Lipinski definition) is 4. The molecule has 0 aliphatic carbocycles. The lowest BCUT2D eigenvalue weighted by atomic mass is 10.00. The van der Waals surface area contributed by atoms with Gasteiger partial charge in [0.2, 0.25) is 5.91 Å². The smallest absolute Gasteiger partial charge is 0.235 e. The van der Waals surface area contributed by atoms with Crippen LogP contribution >= 0.6 is 11.3 Å². The number of carbonyl (C=O) groups is 1. The van der Waals surface area contributed by atoms with Gasteiger partial charge in [-0.25, -0.2) is 9.97 Å². The Labute approximate surface area is 209 Å². The minimum Gasteiger partial charge on any atom is -0.354 e. The molecule has 6 rings (SSSR count). The molecule has 0 saturated carbocycles. The molecule has 2 aromatic heterocycles. The third-order valence-electron chi connectivity index (χ3n) is 7.17. The molecule has 184 valence electrons. The summed E-state index contributed by atoms with van der Waals surface area (Å²) >= 11 is 1.61. The summed E-state index contributed by atoms with van der Waals surface area (Å²) in [4.78, 5) is 27.5. The average molecular weight is 493 g/mol. The molecule has 4 atom stereocenters. The second-order valence-electron chi connectivity index (χ2n) is 9.47. The number of nitrogens with one attached hydrogen (secondary N) is 4. The zero-order chi connectivity index (χ0) is 23.6. The van der Waals surface area contributed by atoms with Crippen LogP contribution in [-0.2, 0) is 4.79 Å². The first-order valence-corrected chi connectivity index (χ1v) is 13.3. The number of piperidine rings is 1. The predicted molar refractivity (Wildman–Crippen MR) is 138 cm³/mol. The van der Waals surface area contributed by atoms with Gasteiger partial charge in [0.25, 0.3) is 0 Å². The first kappa shape index (κ1) is 22.8. The number of thiazole rings is 1. The Morgan fingerprint density at radius 3 is 2.69 bits per heavy atom. The number of piperazine rings is 1. The van der Waals surface area contributed by atoms with Gasteiger partial charge in [-0.1, -0.05) is 18.2 Å². The second-order valence-corrected chi connectivity index (χ2v) is 10.5. The van der Waals surface area contributed by atoms with Gasteiger partial charge in [0.05, 0.1) is 16.4 Å². The van der Waals surface area contributed by atoms with Crippen molar-refractivity contribution in [1.29, 1.82) is 0 Å². The molecule has 1 amide bonds. The molecule has 0 spiro atoms.